The molecule has 0 unspecified atom stereocenters. The Labute approximate surface area is 153 Å². The molecule has 1 aliphatic heterocycles. The Bertz CT molecular complexity index is 661. The summed E-state index contributed by atoms with van der Waals surface area (Å²) in [6, 6.07) is 0. The van der Waals surface area contributed by atoms with Crippen LogP contribution in [0.5, 0.6) is 0 Å². The van der Waals surface area contributed by atoms with Crippen LogP contribution in [0.1, 0.15) is 48.0 Å². The van der Waals surface area contributed by atoms with E-state index in [4.69, 9.17) is 9.31 Å². The molecule has 0 N–H and O–H groups in total. The molecule has 5 nitrogen and oxygen atoms in total. The van der Waals surface area contributed by atoms with Crippen LogP contribution in [0.2, 0.25) is 0 Å². The van der Waals surface area contributed by atoms with Crippen LogP contribution in [-0.4, -0.2) is 37.6 Å². The largest absolute Gasteiger partial charge is 0.495 e. The molecule has 0 spiro atoms. The number of halogens is 2. The molecule has 0 aromatic heterocycles. The lowest BCUT2D eigenvalue weighted by Gasteiger charge is -2.32. The zero-order valence-electron chi connectivity index (χ0n) is 16.4. The van der Waals surface area contributed by atoms with Crippen molar-refractivity contribution >= 4 is 19.3 Å². The molecule has 1 aliphatic rings. The summed E-state index contributed by atoms with van der Waals surface area (Å²) in [5.41, 5.74) is -1.78. The van der Waals surface area contributed by atoms with E-state index >= 15 is 0 Å². The second-order valence-electron chi connectivity index (χ2n) is 6.91. The zero-order chi connectivity index (χ0) is 20.3. The lowest BCUT2D eigenvalue weighted by atomic mass is 9.73. The summed E-state index contributed by atoms with van der Waals surface area (Å²) in [7, 11) is 0.183. The van der Waals surface area contributed by atoms with Gasteiger partial charge in [0.25, 0.3) is 0 Å². The number of rotatable bonds is 6. The van der Waals surface area contributed by atoms with E-state index in [0.717, 1.165) is 20.2 Å². The van der Waals surface area contributed by atoms with Crippen molar-refractivity contribution < 1.29 is 27.6 Å². The molecule has 0 aromatic rings. The van der Waals surface area contributed by atoms with E-state index in [0.29, 0.717) is 0 Å². The number of carbonyl (C=O) groups excluding carboxylic acids is 1. The summed E-state index contributed by atoms with van der Waals surface area (Å²) in [5.74, 6) is -2.20. The molecule has 1 saturated heterocycles. The molecule has 1 heterocycles. The van der Waals surface area contributed by atoms with Gasteiger partial charge in [-0.2, -0.15) is 0 Å². The Balaban J connectivity index is 3.34. The van der Waals surface area contributed by atoms with Crippen LogP contribution in [0.4, 0.5) is 8.78 Å². The topological polar surface area (TPSA) is 57.1 Å². The number of allylic oxidation sites excluding steroid dienone is 3. The van der Waals surface area contributed by atoms with Gasteiger partial charge in [0.15, 0.2) is 0 Å². The minimum atomic E-state index is -0.978. The first-order valence-electron chi connectivity index (χ1n) is 8.30. The molecular formula is C18H26BF2NO4. The Kier molecular flexibility index (Phi) is 7.07. The van der Waals surface area contributed by atoms with E-state index in [2.05, 4.69) is 16.3 Å². The van der Waals surface area contributed by atoms with Crippen molar-refractivity contribution in [2.75, 3.05) is 7.11 Å². The first kappa shape index (κ1) is 22.2. The monoisotopic (exact) mass is 369 g/mol. The van der Waals surface area contributed by atoms with Gasteiger partial charge in [-0.05, 0) is 46.5 Å². The number of methoxy groups -OCH3 is 1. The van der Waals surface area contributed by atoms with Crippen molar-refractivity contribution in [1.82, 2.24) is 0 Å². The SMILES string of the molecule is C=C(B1OC(C)(C)C(C)(C)O1)C(/C(N=CC(=O)OC)=C(/F)CC)=C(/C)F. The van der Waals surface area contributed by atoms with Gasteiger partial charge in [-0.15, -0.1) is 0 Å². The molecule has 1 rings (SSSR count). The molecule has 26 heavy (non-hydrogen) atoms. The zero-order valence-corrected chi connectivity index (χ0v) is 16.4. The molecule has 0 radical (unpaired) electrons. The van der Waals surface area contributed by atoms with Gasteiger partial charge in [0.2, 0.25) is 0 Å². The quantitative estimate of drug-likeness (QED) is 0.304. The normalized spacial score (nSPS) is 20.7. The fourth-order valence-corrected chi connectivity index (χ4v) is 2.25. The number of aliphatic imine (C=N–C) groups is 1. The van der Waals surface area contributed by atoms with E-state index in [-0.39, 0.29) is 23.2 Å². The van der Waals surface area contributed by atoms with E-state index in [9.17, 15) is 13.6 Å². The van der Waals surface area contributed by atoms with Crippen LogP contribution >= 0.6 is 0 Å². The molecular weight excluding hydrogens is 343 g/mol. The summed E-state index contributed by atoms with van der Waals surface area (Å²) in [6.07, 6.45) is 0.742. The number of ether oxygens (including phenoxy) is 1. The average Bonchev–Trinajstić information content (AvgIpc) is 2.77. The number of carbonyl (C=O) groups is 1. The minimum Gasteiger partial charge on any atom is -0.465 e. The molecule has 0 atom stereocenters. The first-order chi connectivity index (χ1) is 11.9. The summed E-state index contributed by atoms with van der Waals surface area (Å²) < 4.78 is 44.9. The molecule has 144 valence electrons. The van der Waals surface area contributed by atoms with Crippen molar-refractivity contribution in [3.63, 3.8) is 0 Å². The molecule has 0 aliphatic carbocycles. The highest BCUT2D eigenvalue weighted by atomic mass is 19.1. The maximum atomic E-state index is 14.4. The third kappa shape index (κ3) is 4.68. The highest BCUT2D eigenvalue weighted by molar-refractivity contribution is 6.56. The van der Waals surface area contributed by atoms with E-state index in [1.807, 2.05) is 27.7 Å². The second kappa shape index (κ2) is 8.27. The number of hydrogen-bond donors (Lipinski definition) is 0. The highest BCUT2D eigenvalue weighted by Gasteiger charge is 2.52. The average molecular weight is 369 g/mol. The minimum absolute atomic E-state index is 0.0404. The Morgan fingerprint density at radius 3 is 2.12 bits per heavy atom. The van der Waals surface area contributed by atoms with E-state index < -0.39 is 35.9 Å². The first-order valence-corrected chi connectivity index (χ1v) is 8.30. The van der Waals surface area contributed by atoms with Gasteiger partial charge in [0.05, 0.1) is 18.3 Å². The van der Waals surface area contributed by atoms with Crippen LogP contribution in [0, 0.1) is 0 Å². The van der Waals surface area contributed by atoms with Gasteiger partial charge in [-0.1, -0.05) is 13.5 Å². The van der Waals surface area contributed by atoms with Crippen molar-refractivity contribution in [3.8, 4) is 0 Å². The Morgan fingerprint density at radius 2 is 1.73 bits per heavy atom. The highest BCUT2D eigenvalue weighted by Crippen LogP contribution is 2.41. The summed E-state index contributed by atoms with van der Waals surface area (Å²) in [4.78, 5) is 15.1. The molecule has 1 fully saturated rings. The molecule has 0 aromatic carbocycles. The number of esters is 1. The smallest absolute Gasteiger partial charge is 0.465 e. The third-order valence-corrected chi connectivity index (χ3v) is 4.51. The van der Waals surface area contributed by atoms with Crippen molar-refractivity contribution in [3.05, 3.63) is 35.0 Å². The van der Waals surface area contributed by atoms with Crippen LogP contribution < -0.4 is 0 Å². The van der Waals surface area contributed by atoms with E-state index in [1.165, 1.54) is 0 Å². The lowest BCUT2D eigenvalue weighted by molar-refractivity contribution is -0.132. The predicted octanol–water partition coefficient (Wildman–Crippen LogP) is 4.25. The summed E-state index contributed by atoms with van der Waals surface area (Å²) in [6.45, 7) is 13.9. The van der Waals surface area contributed by atoms with Gasteiger partial charge in [0.1, 0.15) is 23.6 Å². The molecule has 8 heteroatoms. The van der Waals surface area contributed by atoms with Gasteiger partial charge in [0, 0.05) is 5.57 Å². The lowest BCUT2D eigenvalue weighted by Crippen LogP contribution is -2.41. The van der Waals surface area contributed by atoms with Crippen molar-refractivity contribution in [2.45, 2.75) is 59.2 Å². The fraction of sp³-hybridized carbons (Fsp3) is 0.556. The van der Waals surface area contributed by atoms with Gasteiger partial charge < -0.3 is 14.0 Å². The van der Waals surface area contributed by atoms with Crippen molar-refractivity contribution in [2.24, 2.45) is 4.99 Å². The molecule has 0 saturated carbocycles. The van der Waals surface area contributed by atoms with Crippen LogP contribution in [-0.2, 0) is 18.8 Å². The van der Waals surface area contributed by atoms with Gasteiger partial charge in [-0.3, -0.25) is 0 Å². The Hall–Kier alpha value is -1.80. The molecule has 0 bridgehead atoms. The van der Waals surface area contributed by atoms with E-state index in [1.54, 1.807) is 6.92 Å². The van der Waals surface area contributed by atoms with Gasteiger partial charge in [-0.25, -0.2) is 18.6 Å². The maximum Gasteiger partial charge on any atom is 0.495 e. The standard InChI is InChI=1S/C18H26BF2NO4/c1-9-13(21)16(22-10-14(23)24-8)15(12(3)20)11(2)19-25-17(4,5)18(6,7)26-19/h10H,2,9H2,1,3-8H3/b15-12+,16-13-,22-10?. The second-order valence-corrected chi connectivity index (χ2v) is 6.91. The van der Waals surface area contributed by atoms with Crippen molar-refractivity contribution in [1.29, 1.82) is 0 Å². The third-order valence-electron chi connectivity index (χ3n) is 4.51. The van der Waals surface area contributed by atoms with Crippen LogP contribution in [0.15, 0.2) is 40.0 Å². The Morgan fingerprint density at radius 1 is 1.23 bits per heavy atom. The van der Waals surface area contributed by atoms with Crippen LogP contribution in [0.25, 0.3) is 0 Å². The summed E-state index contributed by atoms with van der Waals surface area (Å²) in [5, 5.41) is 0. The maximum absolute atomic E-state index is 14.4. The number of nitrogens with zero attached hydrogens (tertiary/aromatic N) is 1. The van der Waals surface area contributed by atoms with Crippen LogP contribution in [0.3, 0.4) is 0 Å². The summed E-state index contributed by atoms with van der Waals surface area (Å²) >= 11 is 0. The predicted molar refractivity (Wildman–Crippen MR) is 98.0 cm³/mol. The molecule has 0 amide bonds. The fourth-order valence-electron chi connectivity index (χ4n) is 2.25. The number of hydrogen-bond acceptors (Lipinski definition) is 5. The van der Waals surface area contributed by atoms with Gasteiger partial charge >= 0.3 is 13.1 Å².